The molecule has 1 aliphatic carbocycles. The van der Waals surface area contributed by atoms with Crippen molar-refractivity contribution in [3.05, 3.63) is 58.8 Å². The maximum Gasteiger partial charge on any atom is 4.00 e. The largest absolute Gasteiger partial charge is 4.00 e. The van der Waals surface area contributed by atoms with E-state index in [0.717, 1.165) is 0 Å². The molecule has 0 spiro atoms. The van der Waals surface area contributed by atoms with Gasteiger partial charge in [-0.25, -0.2) is 5.57 Å². The van der Waals surface area contributed by atoms with Crippen LogP contribution in [0.25, 0.3) is 10.9 Å². The molecule has 0 aliphatic heterocycles. The van der Waals surface area contributed by atoms with Crippen LogP contribution in [0.15, 0.2) is 41.0 Å². The molecule has 0 unspecified atom stereocenters. The van der Waals surface area contributed by atoms with Crippen molar-refractivity contribution in [3.8, 4) is 0 Å². The van der Waals surface area contributed by atoms with Crippen LogP contribution in [-0.4, -0.2) is 4.98 Å². The standard InChI is InChI=1S/C10H15.C9H8N.2ClH.Ti/c1-7-6-10(4,5)9(3)8(7)2;1-7-6-10-9-5-3-2-4-8(7)9;;;/h1-5H3;2-5,10H,1H3;2*1H;/q2*-1;;;+4/p-2. The molecule has 0 atom stereocenters. The van der Waals surface area contributed by atoms with E-state index in [4.69, 9.17) is 0 Å². The molecule has 1 aliphatic rings. The first kappa shape index (κ1) is 24.8. The van der Waals surface area contributed by atoms with Crippen LogP contribution in [0.3, 0.4) is 0 Å². The minimum absolute atomic E-state index is 0. The number of aromatic nitrogens is 1. The second kappa shape index (κ2) is 9.74. The van der Waals surface area contributed by atoms with Crippen LogP contribution in [0.4, 0.5) is 0 Å². The zero-order valence-electron chi connectivity index (χ0n) is 14.6. The van der Waals surface area contributed by atoms with Crippen LogP contribution in [0.1, 0.15) is 40.2 Å². The van der Waals surface area contributed by atoms with Crippen molar-refractivity contribution in [1.82, 2.24) is 4.98 Å². The van der Waals surface area contributed by atoms with E-state index in [9.17, 15) is 0 Å². The molecule has 0 amide bonds. The Bertz CT molecular complexity index is 696. The van der Waals surface area contributed by atoms with E-state index < -0.39 is 0 Å². The number of allylic oxidation sites excluding steroid dienone is 4. The summed E-state index contributed by atoms with van der Waals surface area (Å²) in [6, 6.07) is 8.21. The number of aryl methyl sites for hydroxylation is 1. The number of nitrogens with one attached hydrogen (secondary N) is 1. The predicted octanol–water partition coefficient (Wildman–Crippen LogP) is -0.606. The van der Waals surface area contributed by atoms with Crippen LogP contribution in [0.5, 0.6) is 0 Å². The third-order valence-corrected chi connectivity index (χ3v) is 4.28. The first-order valence-electron chi connectivity index (χ1n) is 7.08. The van der Waals surface area contributed by atoms with Gasteiger partial charge in [-0.05, 0) is 0 Å². The topological polar surface area (TPSA) is 15.8 Å². The third-order valence-electron chi connectivity index (χ3n) is 4.28. The van der Waals surface area contributed by atoms with Crippen LogP contribution < -0.4 is 24.8 Å². The summed E-state index contributed by atoms with van der Waals surface area (Å²) in [5, 5.41) is 1.27. The van der Waals surface area contributed by atoms with Gasteiger partial charge in [0.2, 0.25) is 0 Å². The Hall–Kier alpha value is -0.466. The minimum atomic E-state index is 0. The van der Waals surface area contributed by atoms with E-state index in [2.05, 4.69) is 70.9 Å². The second-order valence-electron chi connectivity index (χ2n) is 6.05. The van der Waals surface area contributed by atoms with E-state index in [0.29, 0.717) is 0 Å². The summed E-state index contributed by atoms with van der Waals surface area (Å²) in [5.74, 6) is 0. The molecule has 1 N–H and O–H groups in total. The molecule has 0 saturated heterocycles. The van der Waals surface area contributed by atoms with Gasteiger partial charge in [0.25, 0.3) is 0 Å². The molecular formula is C19H23Cl2NTi. The Morgan fingerprint density at radius 3 is 1.91 bits per heavy atom. The Balaban J connectivity index is 0. The maximum atomic E-state index is 3.44. The van der Waals surface area contributed by atoms with Crippen molar-refractivity contribution < 1.29 is 46.5 Å². The molecule has 122 valence electrons. The molecule has 0 radical (unpaired) electrons. The third kappa shape index (κ3) is 5.53. The average molecular weight is 384 g/mol. The maximum absolute atomic E-state index is 3.44. The van der Waals surface area contributed by atoms with Gasteiger partial charge in [0.1, 0.15) is 0 Å². The van der Waals surface area contributed by atoms with Gasteiger partial charge in [0.15, 0.2) is 0 Å². The molecular weight excluding hydrogens is 361 g/mol. The van der Waals surface area contributed by atoms with E-state index in [1.807, 2.05) is 12.1 Å². The number of para-hydroxylation sites is 1. The van der Waals surface area contributed by atoms with Gasteiger partial charge >= 0.3 is 21.7 Å². The fourth-order valence-electron chi connectivity index (χ4n) is 2.55. The molecule has 2 aromatic rings. The number of aromatic amines is 1. The van der Waals surface area contributed by atoms with Crippen molar-refractivity contribution in [2.75, 3.05) is 0 Å². The quantitative estimate of drug-likeness (QED) is 0.461. The van der Waals surface area contributed by atoms with Crippen LogP contribution in [0.2, 0.25) is 0 Å². The van der Waals surface area contributed by atoms with E-state index in [1.54, 1.807) is 0 Å². The number of halogens is 2. The number of hydrogen-bond donors (Lipinski definition) is 1. The van der Waals surface area contributed by atoms with Gasteiger partial charge in [0, 0.05) is 0 Å². The normalized spacial score (nSPS) is 14.8. The SMILES string of the molecule is CC1=[C-]C(C)(C)C(C)=C1C.Cc1[c-][nH]c2ccccc12.[Cl-].[Cl-].[Ti+4]. The van der Waals surface area contributed by atoms with Gasteiger partial charge in [0.05, 0.1) is 0 Å². The Morgan fingerprint density at radius 2 is 1.52 bits per heavy atom. The van der Waals surface area contributed by atoms with Crippen molar-refractivity contribution in [1.29, 1.82) is 0 Å². The number of fused-ring (bicyclic) bond motifs is 1. The molecule has 1 aromatic carbocycles. The Morgan fingerprint density at radius 1 is 0.957 bits per heavy atom. The average Bonchev–Trinajstić information content (AvgIpc) is 2.86. The number of H-pyrrole nitrogens is 1. The number of rotatable bonds is 0. The molecule has 23 heavy (non-hydrogen) atoms. The van der Waals surface area contributed by atoms with Gasteiger partial charge in [-0.3, -0.25) is 6.08 Å². The molecule has 1 nitrogen and oxygen atoms in total. The summed E-state index contributed by atoms with van der Waals surface area (Å²) in [6.07, 6.45) is 6.49. The summed E-state index contributed by atoms with van der Waals surface area (Å²) in [7, 11) is 0. The van der Waals surface area contributed by atoms with E-state index in [-0.39, 0.29) is 51.9 Å². The van der Waals surface area contributed by atoms with Crippen molar-refractivity contribution in [2.45, 2.75) is 41.5 Å². The molecule has 3 rings (SSSR count). The van der Waals surface area contributed by atoms with E-state index in [1.165, 1.54) is 33.2 Å². The first-order valence-corrected chi connectivity index (χ1v) is 7.08. The van der Waals surface area contributed by atoms with Crippen LogP contribution >= 0.6 is 0 Å². The molecule has 1 aromatic heterocycles. The van der Waals surface area contributed by atoms with Gasteiger partial charge in [-0.2, -0.15) is 22.1 Å². The zero-order chi connectivity index (χ0) is 14.9. The van der Waals surface area contributed by atoms with Crippen molar-refractivity contribution in [3.63, 3.8) is 0 Å². The summed E-state index contributed by atoms with van der Waals surface area (Å²) in [5.41, 5.74) is 6.75. The second-order valence-corrected chi connectivity index (χ2v) is 6.05. The molecule has 0 fully saturated rings. The number of benzene rings is 1. The van der Waals surface area contributed by atoms with Crippen LogP contribution in [-0.2, 0) is 21.7 Å². The summed E-state index contributed by atoms with van der Waals surface area (Å²) < 4.78 is 0. The minimum Gasteiger partial charge on any atom is -1.00 e. The predicted molar refractivity (Wildman–Crippen MR) is 86.5 cm³/mol. The number of hydrogen-bond acceptors (Lipinski definition) is 0. The van der Waals surface area contributed by atoms with E-state index >= 15 is 0 Å². The van der Waals surface area contributed by atoms with Crippen molar-refractivity contribution >= 4 is 10.9 Å². The summed E-state index contributed by atoms with van der Waals surface area (Å²) >= 11 is 0. The Kier molecular flexibility index (Phi) is 10.5. The van der Waals surface area contributed by atoms with Crippen LogP contribution in [0, 0.1) is 24.6 Å². The monoisotopic (exact) mass is 383 g/mol. The molecule has 0 bridgehead atoms. The Labute approximate surface area is 167 Å². The molecule has 0 saturated carbocycles. The van der Waals surface area contributed by atoms with Gasteiger partial charge < -0.3 is 29.8 Å². The van der Waals surface area contributed by atoms with Gasteiger partial charge in [-0.15, -0.1) is 30.8 Å². The van der Waals surface area contributed by atoms with Gasteiger partial charge in [-0.1, -0.05) is 52.2 Å². The fraction of sp³-hybridized carbons (Fsp3) is 0.368. The summed E-state index contributed by atoms with van der Waals surface area (Å²) in [6.45, 7) is 13.0. The first-order chi connectivity index (χ1) is 9.33. The smallest absolute Gasteiger partial charge is 1.00 e. The zero-order valence-corrected chi connectivity index (χ0v) is 17.6. The summed E-state index contributed by atoms with van der Waals surface area (Å²) in [4.78, 5) is 3.06. The fourth-order valence-corrected chi connectivity index (χ4v) is 2.55. The molecule has 1 heterocycles. The molecule has 4 heteroatoms. The van der Waals surface area contributed by atoms with Crippen molar-refractivity contribution in [2.24, 2.45) is 5.41 Å².